The highest BCUT2D eigenvalue weighted by Crippen LogP contribution is 2.28. The molecule has 0 atom stereocenters. The van der Waals surface area contributed by atoms with Gasteiger partial charge in [0.2, 0.25) is 4.96 Å². The Hall–Kier alpha value is -3.39. The zero-order valence-electron chi connectivity index (χ0n) is 19.0. The predicted molar refractivity (Wildman–Crippen MR) is 131 cm³/mol. The van der Waals surface area contributed by atoms with E-state index in [4.69, 9.17) is 14.2 Å². The summed E-state index contributed by atoms with van der Waals surface area (Å²) < 4.78 is 18.7. The third-order valence-electron chi connectivity index (χ3n) is 5.10. The normalized spacial score (nSPS) is 11.8. The van der Waals surface area contributed by atoms with E-state index < -0.39 is 0 Å². The van der Waals surface area contributed by atoms with Crippen molar-refractivity contribution < 1.29 is 14.2 Å². The van der Waals surface area contributed by atoms with E-state index in [9.17, 15) is 4.79 Å². The molecule has 7 nitrogen and oxygen atoms in total. The smallest absolute Gasteiger partial charge is 0.291 e. The summed E-state index contributed by atoms with van der Waals surface area (Å²) >= 11 is 1.31. The lowest BCUT2D eigenvalue weighted by atomic mass is 10.2. The summed E-state index contributed by atoms with van der Waals surface area (Å²) in [7, 11) is 1.61. The second kappa shape index (κ2) is 10.5. The van der Waals surface area contributed by atoms with Crippen molar-refractivity contribution in [3.63, 3.8) is 0 Å². The van der Waals surface area contributed by atoms with Gasteiger partial charge in [-0.2, -0.15) is 9.50 Å². The summed E-state index contributed by atoms with van der Waals surface area (Å²) in [6.07, 6.45) is 5.11. The number of nitrogens with zero attached hydrogens (tertiary/aromatic N) is 3. The van der Waals surface area contributed by atoms with E-state index in [1.807, 2.05) is 55.5 Å². The van der Waals surface area contributed by atoms with Crippen molar-refractivity contribution in [1.82, 2.24) is 14.6 Å². The van der Waals surface area contributed by atoms with Crippen molar-refractivity contribution in [3.8, 4) is 28.6 Å². The van der Waals surface area contributed by atoms with Gasteiger partial charge >= 0.3 is 0 Å². The molecule has 0 saturated carbocycles. The Balaban J connectivity index is 1.58. The van der Waals surface area contributed by atoms with Crippen molar-refractivity contribution in [3.05, 3.63) is 62.9 Å². The molecule has 4 rings (SSSR count). The zero-order valence-corrected chi connectivity index (χ0v) is 19.9. The van der Waals surface area contributed by atoms with E-state index >= 15 is 0 Å². The van der Waals surface area contributed by atoms with Gasteiger partial charge in [-0.15, -0.1) is 5.10 Å². The van der Waals surface area contributed by atoms with Gasteiger partial charge in [-0.25, -0.2) is 0 Å². The average molecular weight is 466 g/mol. The molecule has 33 heavy (non-hydrogen) atoms. The molecule has 0 amide bonds. The largest absolute Gasteiger partial charge is 0.494 e. The van der Waals surface area contributed by atoms with Gasteiger partial charge in [-0.3, -0.25) is 4.79 Å². The van der Waals surface area contributed by atoms with E-state index in [-0.39, 0.29) is 5.56 Å². The SMILES string of the molecule is CCCCCOc1ccc(C=c2sc3nc(-c4ccc(OCC)cc4)nn3c2=O)cc1OC. The standard InChI is InChI=1S/C25H27N3O4S/c1-4-6-7-14-32-20-13-8-17(15-21(20)30-3)16-22-24(29)28-25(33-22)26-23(27-28)18-9-11-19(12-10-18)31-5-2/h8-13,15-16H,4-7,14H2,1-3H3. The fourth-order valence-corrected chi connectivity index (χ4v) is 4.31. The Morgan fingerprint density at radius 3 is 2.55 bits per heavy atom. The number of fused-ring (bicyclic) bond motifs is 1. The van der Waals surface area contributed by atoms with Crippen molar-refractivity contribution in [2.45, 2.75) is 33.1 Å². The molecule has 2 aromatic heterocycles. The van der Waals surface area contributed by atoms with Crippen LogP contribution in [0.15, 0.2) is 47.3 Å². The van der Waals surface area contributed by atoms with E-state index in [1.165, 1.54) is 15.9 Å². The van der Waals surface area contributed by atoms with Crippen LogP contribution in [0.4, 0.5) is 0 Å². The molecule has 172 valence electrons. The minimum Gasteiger partial charge on any atom is -0.494 e. The van der Waals surface area contributed by atoms with Crippen LogP contribution in [0.5, 0.6) is 17.2 Å². The highest BCUT2D eigenvalue weighted by Gasteiger charge is 2.13. The first kappa shape index (κ1) is 22.8. The molecule has 0 unspecified atom stereocenters. The van der Waals surface area contributed by atoms with Crippen LogP contribution in [0.2, 0.25) is 0 Å². The maximum Gasteiger partial charge on any atom is 0.291 e. The lowest BCUT2D eigenvalue weighted by Gasteiger charge is -2.11. The van der Waals surface area contributed by atoms with Crippen LogP contribution in [0.25, 0.3) is 22.4 Å². The molecule has 0 aliphatic rings. The molecule has 0 aliphatic carbocycles. The van der Waals surface area contributed by atoms with Crippen LogP contribution in [0, 0.1) is 0 Å². The number of hydrogen-bond acceptors (Lipinski definition) is 7. The van der Waals surface area contributed by atoms with Gasteiger partial charge in [0.1, 0.15) is 5.75 Å². The van der Waals surface area contributed by atoms with Crippen LogP contribution in [-0.4, -0.2) is 34.9 Å². The number of ether oxygens (including phenoxy) is 3. The molecule has 4 aromatic rings. The Bertz CT molecular complexity index is 1330. The third-order valence-corrected chi connectivity index (χ3v) is 6.06. The minimum absolute atomic E-state index is 0.196. The summed E-state index contributed by atoms with van der Waals surface area (Å²) in [6.45, 7) is 5.36. The monoisotopic (exact) mass is 465 g/mol. The molecule has 0 aliphatic heterocycles. The molecule has 0 bridgehead atoms. The second-order valence-electron chi connectivity index (χ2n) is 7.47. The molecule has 2 aromatic carbocycles. The highest BCUT2D eigenvalue weighted by atomic mass is 32.1. The Morgan fingerprint density at radius 2 is 1.85 bits per heavy atom. The molecule has 0 saturated heterocycles. The topological polar surface area (TPSA) is 75.0 Å². The first-order chi connectivity index (χ1) is 16.1. The Morgan fingerprint density at radius 1 is 1.03 bits per heavy atom. The quantitative estimate of drug-likeness (QED) is 0.324. The van der Waals surface area contributed by atoms with Crippen LogP contribution in [0.1, 0.15) is 38.7 Å². The number of thiazole rings is 1. The van der Waals surface area contributed by atoms with E-state index in [1.54, 1.807) is 7.11 Å². The van der Waals surface area contributed by atoms with E-state index in [2.05, 4.69) is 17.0 Å². The summed E-state index contributed by atoms with van der Waals surface area (Å²) in [6, 6.07) is 13.2. The summed E-state index contributed by atoms with van der Waals surface area (Å²) in [5.74, 6) is 2.65. The maximum absolute atomic E-state index is 12.9. The minimum atomic E-state index is -0.196. The lowest BCUT2D eigenvalue weighted by Crippen LogP contribution is -2.23. The van der Waals surface area contributed by atoms with Gasteiger partial charge in [0, 0.05) is 5.56 Å². The molecule has 0 spiro atoms. The van der Waals surface area contributed by atoms with E-state index in [0.717, 1.165) is 36.1 Å². The molecular weight excluding hydrogens is 438 g/mol. The number of unbranched alkanes of at least 4 members (excludes halogenated alkanes) is 2. The fraction of sp³-hybridized carbons (Fsp3) is 0.320. The maximum atomic E-state index is 12.9. The van der Waals surface area contributed by atoms with Gasteiger partial charge in [0.05, 0.1) is 24.9 Å². The Kier molecular flexibility index (Phi) is 7.24. The average Bonchev–Trinajstić information content (AvgIpc) is 3.37. The van der Waals surface area contributed by atoms with Crippen molar-refractivity contribution in [2.75, 3.05) is 20.3 Å². The van der Waals surface area contributed by atoms with Crippen LogP contribution < -0.4 is 24.3 Å². The van der Waals surface area contributed by atoms with Crippen LogP contribution >= 0.6 is 11.3 Å². The first-order valence-corrected chi connectivity index (χ1v) is 11.9. The van der Waals surface area contributed by atoms with Gasteiger partial charge < -0.3 is 14.2 Å². The number of aromatic nitrogens is 3. The molecular formula is C25H27N3O4S. The van der Waals surface area contributed by atoms with Gasteiger partial charge in [0.25, 0.3) is 5.56 Å². The highest BCUT2D eigenvalue weighted by molar-refractivity contribution is 7.15. The van der Waals surface area contributed by atoms with E-state index in [0.29, 0.717) is 40.0 Å². The molecule has 0 radical (unpaired) electrons. The number of hydrogen-bond donors (Lipinski definition) is 0. The van der Waals surface area contributed by atoms with Crippen molar-refractivity contribution >= 4 is 22.4 Å². The van der Waals surface area contributed by atoms with Gasteiger partial charge in [0.15, 0.2) is 17.3 Å². The second-order valence-corrected chi connectivity index (χ2v) is 8.48. The molecule has 0 N–H and O–H groups in total. The van der Waals surface area contributed by atoms with Gasteiger partial charge in [-0.05, 0) is 61.4 Å². The van der Waals surface area contributed by atoms with Crippen molar-refractivity contribution in [2.24, 2.45) is 0 Å². The number of benzene rings is 2. The third kappa shape index (κ3) is 5.17. The summed E-state index contributed by atoms with van der Waals surface area (Å²) in [5.41, 5.74) is 1.48. The molecule has 0 fully saturated rings. The fourth-order valence-electron chi connectivity index (χ4n) is 3.40. The summed E-state index contributed by atoms with van der Waals surface area (Å²) in [4.78, 5) is 18.0. The van der Waals surface area contributed by atoms with Crippen LogP contribution in [0.3, 0.4) is 0 Å². The number of rotatable bonds is 10. The summed E-state index contributed by atoms with van der Waals surface area (Å²) in [5, 5.41) is 4.42. The Labute approximate surface area is 196 Å². The zero-order chi connectivity index (χ0) is 23.2. The number of methoxy groups -OCH3 is 1. The molecule has 2 heterocycles. The predicted octanol–water partition coefficient (Wildman–Crippen LogP) is 4.34. The first-order valence-electron chi connectivity index (χ1n) is 11.1. The van der Waals surface area contributed by atoms with Crippen molar-refractivity contribution in [1.29, 1.82) is 0 Å². The lowest BCUT2D eigenvalue weighted by molar-refractivity contribution is 0.286. The van der Waals surface area contributed by atoms with Gasteiger partial charge in [-0.1, -0.05) is 37.2 Å². The molecule has 8 heteroatoms. The van der Waals surface area contributed by atoms with Crippen LogP contribution in [-0.2, 0) is 0 Å².